The number of phenols is 1. The van der Waals surface area contributed by atoms with Gasteiger partial charge in [0.15, 0.2) is 0 Å². The molecule has 0 heterocycles. The van der Waals surface area contributed by atoms with Crippen LogP contribution in [0, 0.1) is 11.8 Å². The van der Waals surface area contributed by atoms with Crippen LogP contribution in [0.1, 0.15) is 31.1 Å². The van der Waals surface area contributed by atoms with Gasteiger partial charge in [0.2, 0.25) is 0 Å². The van der Waals surface area contributed by atoms with Gasteiger partial charge in [-0.05, 0) is 46.0 Å². The summed E-state index contributed by atoms with van der Waals surface area (Å²) in [5.41, 5.74) is 0.474. The monoisotopic (exact) mass is 299 g/mol. The number of benzene rings is 1. The minimum Gasteiger partial charge on any atom is -0.507 e. The fourth-order valence-corrected chi connectivity index (χ4v) is 1.49. The molecule has 0 saturated heterocycles. The molecule has 1 unspecified atom stereocenters. The SMILES string of the molecule is CC(C)C(C)CNC(=O)c1ccc(Br)c(O)c1. The van der Waals surface area contributed by atoms with Crippen molar-refractivity contribution in [2.75, 3.05) is 6.54 Å². The minimum absolute atomic E-state index is 0.0783. The standard InChI is InChI=1S/C13H18BrNO2/c1-8(2)9(3)7-15-13(17)10-4-5-11(14)12(16)6-10/h4-6,8-9,16H,7H2,1-3H3,(H,15,17). The fourth-order valence-electron chi connectivity index (χ4n) is 1.25. The highest BCUT2D eigenvalue weighted by atomic mass is 79.9. The topological polar surface area (TPSA) is 49.3 Å². The first-order chi connectivity index (χ1) is 7.91. The predicted octanol–water partition coefficient (Wildman–Crippen LogP) is 3.18. The summed E-state index contributed by atoms with van der Waals surface area (Å²) >= 11 is 3.18. The predicted molar refractivity (Wildman–Crippen MR) is 72.1 cm³/mol. The number of amides is 1. The zero-order valence-electron chi connectivity index (χ0n) is 10.3. The van der Waals surface area contributed by atoms with E-state index in [1.807, 2.05) is 0 Å². The Labute approximate surface area is 110 Å². The molecular weight excluding hydrogens is 282 g/mol. The van der Waals surface area contributed by atoms with Gasteiger partial charge in [-0.2, -0.15) is 0 Å². The first kappa shape index (κ1) is 14.0. The summed E-state index contributed by atoms with van der Waals surface area (Å²) in [5, 5.41) is 12.3. The molecule has 0 aromatic heterocycles. The smallest absolute Gasteiger partial charge is 0.251 e. The molecule has 1 rings (SSSR count). The molecule has 1 aromatic carbocycles. The van der Waals surface area contributed by atoms with Gasteiger partial charge in [-0.1, -0.05) is 20.8 Å². The summed E-state index contributed by atoms with van der Waals surface area (Å²) in [6.07, 6.45) is 0. The normalized spacial score (nSPS) is 12.5. The number of halogens is 1. The molecule has 0 bridgehead atoms. The molecule has 4 heteroatoms. The Morgan fingerprint density at radius 1 is 1.41 bits per heavy atom. The summed E-state index contributed by atoms with van der Waals surface area (Å²) in [7, 11) is 0. The highest BCUT2D eigenvalue weighted by Gasteiger charge is 2.11. The molecule has 17 heavy (non-hydrogen) atoms. The zero-order valence-corrected chi connectivity index (χ0v) is 11.9. The van der Waals surface area contributed by atoms with Crippen LogP contribution in [0.4, 0.5) is 0 Å². The maximum Gasteiger partial charge on any atom is 0.251 e. The first-order valence-electron chi connectivity index (χ1n) is 5.68. The highest BCUT2D eigenvalue weighted by Crippen LogP contribution is 2.24. The van der Waals surface area contributed by atoms with E-state index in [2.05, 4.69) is 42.0 Å². The number of nitrogens with one attached hydrogen (secondary N) is 1. The second-order valence-corrected chi connectivity index (χ2v) is 5.45. The Morgan fingerprint density at radius 2 is 2.06 bits per heavy atom. The molecule has 0 aliphatic heterocycles. The lowest BCUT2D eigenvalue weighted by Crippen LogP contribution is -2.30. The number of hydrogen-bond donors (Lipinski definition) is 2. The Bertz CT molecular complexity index is 404. The van der Waals surface area contributed by atoms with Gasteiger partial charge in [0, 0.05) is 12.1 Å². The van der Waals surface area contributed by atoms with Crippen LogP contribution in [-0.2, 0) is 0 Å². The van der Waals surface area contributed by atoms with Crippen LogP contribution in [0.15, 0.2) is 22.7 Å². The second-order valence-electron chi connectivity index (χ2n) is 4.60. The minimum atomic E-state index is -0.152. The van der Waals surface area contributed by atoms with Crippen LogP contribution >= 0.6 is 15.9 Å². The van der Waals surface area contributed by atoms with E-state index in [4.69, 9.17) is 0 Å². The van der Waals surface area contributed by atoms with Crippen molar-refractivity contribution >= 4 is 21.8 Å². The van der Waals surface area contributed by atoms with Crippen LogP contribution < -0.4 is 5.32 Å². The van der Waals surface area contributed by atoms with Crippen LogP contribution in [0.25, 0.3) is 0 Å². The van der Waals surface area contributed by atoms with Crippen molar-refractivity contribution in [1.29, 1.82) is 0 Å². The van der Waals surface area contributed by atoms with E-state index in [-0.39, 0.29) is 11.7 Å². The quantitative estimate of drug-likeness (QED) is 0.897. The maximum absolute atomic E-state index is 11.8. The lowest BCUT2D eigenvalue weighted by atomic mass is 9.98. The third-order valence-electron chi connectivity index (χ3n) is 2.93. The van der Waals surface area contributed by atoms with Gasteiger partial charge < -0.3 is 10.4 Å². The van der Waals surface area contributed by atoms with Gasteiger partial charge in [-0.15, -0.1) is 0 Å². The van der Waals surface area contributed by atoms with E-state index < -0.39 is 0 Å². The van der Waals surface area contributed by atoms with Gasteiger partial charge in [0.05, 0.1) is 4.47 Å². The van der Waals surface area contributed by atoms with Crippen LogP contribution in [-0.4, -0.2) is 17.6 Å². The lowest BCUT2D eigenvalue weighted by molar-refractivity contribution is 0.0944. The van der Waals surface area contributed by atoms with Crippen molar-refractivity contribution in [3.63, 3.8) is 0 Å². The number of aromatic hydroxyl groups is 1. The largest absolute Gasteiger partial charge is 0.507 e. The summed E-state index contributed by atoms with van der Waals surface area (Å²) < 4.78 is 0.588. The van der Waals surface area contributed by atoms with E-state index in [9.17, 15) is 9.90 Å². The number of phenolic OH excluding ortho intramolecular Hbond substituents is 1. The molecule has 0 fully saturated rings. The van der Waals surface area contributed by atoms with Gasteiger partial charge in [-0.25, -0.2) is 0 Å². The Kier molecular flexibility index (Phi) is 5.00. The van der Waals surface area contributed by atoms with Crippen molar-refractivity contribution in [2.45, 2.75) is 20.8 Å². The third kappa shape index (κ3) is 4.04. The molecule has 2 N–H and O–H groups in total. The van der Waals surface area contributed by atoms with Crippen molar-refractivity contribution in [2.24, 2.45) is 11.8 Å². The average Bonchev–Trinajstić information content (AvgIpc) is 2.28. The van der Waals surface area contributed by atoms with Crippen molar-refractivity contribution in [3.05, 3.63) is 28.2 Å². The molecule has 0 saturated carbocycles. The number of rotatable bonds is 4. The third-order valence-corrected chi connectivity index (χ3v) is 3.60. The van der Waals surface area contributed by atoms with Gasteiger partial charge >= 0.3 is 0 Å². The second kappa shape index (κ2) is 6.05. The Morgan fingerprint density at radius 3 is 2.59 bits per heavy atom. The number of carbonyl (C=O) groups is 1. The fraction of sp³-hybridized carbons (Fsp3) is 0.462. The molecule has 3 nitrogen and oxygen atoms in total. The Hall–Kier alpha value is -1.03. The summed E-state index contributed by atoms with van der Waals surface area (Å²) in [6, 6.07) is 4.80. The van der Waals surface area contributed by atoms with E-state index in [1.54, 1.807) is 12.1 Å². The summed E-state index contributed by atoms with van der Waals surface area (Å²) in [5.74, 6) is 0.895. The molecule has 1 amide bonds. The number of hydrogen-bond acceptors (Lipinski definition) is 2. The number of carbonyl (C=O) groups excluding carboxylic acids is 1. The van der Waals surface area contributed by atoms with E-state index >= 15 is 0 Å². The molecule has 1 atom stereocenters. The lowest BCUT2D eigenvalue weighted by Gasteiger charge is -2.16. The molecule has 0 radical (unpaired) electrons. The molecular formula is C13H18BrNO2. The highest BCUT2D eigenvalue weighted by molar-refractivity contribution is 9.10. The first-order valence-corrected chi connectivity index (χ1v) is 6.47. The zero-order chi connectivity index (χ0) is 13.0. The van der Waals surface area contributed by atoms with Gasteiger partial charge in [-0.3, -0.25) is 4.79 Å². The van der Waals surface area contributed by atoms with Crippen LogP contribution in [0.3, 0.4) is 0 Å². The van der Waals surface area contributed by atoms with Gasteiger partial charge in [0.1, 0.15) is 5.75 Å². The molecule has 0 spiro atoms. The molecule has 94 valence electrons. The average molecular weight is 300 g/mol. The summed E-state index contributed by atoms with van der Waals surface area (Å²) in [6.45, 7) is 7.00. The Balaban J connectivity index is 2.61. The van der Waals surface area contributed by atoms with E-state index in [0.29, 0.717) is 28.4 Å². The van der Waals surface area contributed by atoms with Crippen molar-refractivity contribution in [1.82, 2.24) is 5.32 Å². The van der Waals surface area contributed by atoms with Crippen LogP contribution in [0.2, 0.25) is 0 Å². The summed E-state index contributed by atoms with van der Waals surface area (Å²) in [4.78, 5) is 11.8. The van der Waals surface area contributed by atoms with E-state index in [0.717, 1.165) is 0 Å². The van der Waals surface area contributed by atoms with Gasteiger partial charge in [0.25, 0.3) is 5.91 Å². The molecule has 0 aliphatic rings. The molecule has 1 aromatic rings. The maximum atomic E-state index is 11.8. The molecule has 0 aliphatic carbocycles. The van der Waals surface area contributed by atoms with Crippen molar-refractivity contribution in [3.8, 4) is 5.75 Å². The van der Waals surface area contributed by atoms with Crippen LogP contribution in [0.5, 0.6) is 5.75 Å². The van der Waals surface area contributed by atoms with Crippen molar-refractivity contribution < 1.29 is 9.90 Å². The van der Waals surface area contributed by atoms with E-state index in [1.165, 1.54) is 6.07 Å².